The highest BCUT2D eigenvalue weighted by molar-refractivity contribution is 5.42. The van der Waals surface area contributed by atoms with Gasteiger partial charge in [0.1, 0.15) is 5.75 Å². The van der Waals surface area contributed by atoms with Gasteiger partial charge in [-0.05, 0) is 18.2 Å². The van der Waals surface area contributed by atoms with E-state index in [-0.39, 0.29) is 0 Å². The molecular formula is C12H18N2O. The summed E-state index contributed by atoms with van der Waals surface area (Å²) in [5.41, 5.74) is 2.35. The molecule has 0 aliphatic carbocycles. The van der Waals surface area contributed by atoms with Crippen LogP contribution in [0.5, 0.6) is 5.75 Å². The number of benzene rings is 1. The second-order valence-corrected chi connectivity index (χ2v) is 3.98. The Balaban J connectivity index is 2.22. The number of phenols is 1. The maximum atomic E-state index is 9.74. The molecule has 1 heterocycles. The van der Waals surface area contributed by atoms with Crippen molar-refractivity contribution in [3.8, 4) is 5.75 Å². The topological polar surface area (TPSA) is 44.3 Å². The van der Waals surface area contributed by atoms with Crippen molar-refractivity contribution in [1.29, 1.82) is 0 Å². The molecule has 0 fully saturated rings. The lowest BCUT2D eigenvalue weighted by atomic mass is 9.90. The van der Waals surface area contributed by atoms with Gasteiger partial charge in [-0.15, -0.1) is 0 Å². The maximum Gasteiger partial charge on any atom is 0.120 e. The fourth-order valence-electron chi connectivity index (χ4n) is 2.15. The van der Waals surface area contributed by atoms with Crippen molar-refractivity contribution >= 4 is 0 Å². The summed E-state index contributed by atoms with van der Waals surface area (Å²) in [5.74, 6) is 0.891. The Morgan fingerprint density at radius 1 is 1.53 bits per heavy atom. The van der Waals surface area contributed by atoms with E-state index in [2.05, 4.69) is 23.6 Å². The maximum absolute atomic E-state index is 9.74. The van der Waals surface area contributed by atoms with Gasteiger partial charge in [-0.3, -0.25) is 0 Å². The first-order valence-electron chi connectivity index (χ1n) is 5.55. The normalized spacial score (nSPS) is 19.9. The number of hydrogen-bond donors (Lipinski definition) is 3. The zero-order valence-corrected chi connectivity index (χ0v) is 9.09. The monoisotopic (exact) mass is 206 g/mol. The quantitative estimate of drug-likeness (QED) is 0.696. The van der Waals surface area contributed by atoms with Gasteiger partial charge in [0.2, 0.25) is 0 Å². The molecule has 0 aromatic heterocycles. The Labute approximate surface area is 90.5 Å². The summed E-state index contributed by atoms with van der Waals surface area (Å²) in [4.78, 5) is 0. The predicted octanol–water partition coefficient (Wildman–Crippen LogP) is 1.19. The van der Waals surface area contributed by atoms with Crippen molar-refractivity contribution in [1.82, 2.24) is 10.6 Å². The standard InChI is InChI=1S/C12H18N2O/c1-2-13-6-9-7-14-8-11-10(9)4-3-5-12(11)15/h3-5,9,13-15H,2,6-8H2,1H3. The lowest BCUT2D eigenvalue weighted by Gasteiger charge is -2.27. The van der Waals surface area contributed by atoms with Gasteiger partial charge in [-0.25, -0.2) is 0 Å². The second-order valence-electron chi connectivity index (χ2n) is 3.98. The van der Waals surface area contributed by atoms with Crippen molar-refractivity contribution in [2.24, 2.45) is 0 Å². The van der Waals surface area contributed by atoms with Gasteiger partial charge in [-0.2, -0.15) is 0 Å². The summed E-state index contributed by atoms with van der Waals surface area (Å²) >= 11 is 0. The molecule has 15 heavy (non-hydrogen) atoms. The highest BCUT2D eigenvalue weighted by atomic mass is 16.3. The highest BCUT2D eigenvalue weighted by Gasteiger charge is 2.21. The third-order valence-electron chi connectivity index (χ3n) is 2.96. The predicted molar refractivity (Wildman–Crippen MR) is 61.1 cm³/mol. The van der Waals surface area contributed by atoms with Crippen molar-refractivity contribution in [3.05, 3.63) is 29.3 Å². The van der Waals surface area contributed by atoms with E-state index in [4.69, 9.17) is 0 Å². The van der Waals surface area contributed by atoms with Crippen molar-refractivity contribution in [2.75, 3.05) is 19.6 Å². The molecule has 3 heteroatoms. The van der Waals surface area contributed by atoms with Crippen LogP contribution in [0.4, 0.5) is 0 Å². The minimum absolute atomic E-state index is 0.418. The van der Waals surface area contributed by atoms with Gasteiger partial charge in [0.05, 0.1) is 0 Å². The first-order valence-corrected chi connectivity index (χ1v) is 5.55. The molecule has 0 radical (unpaired) electrons. The zero-order chi connectivity index (χ0) is 10.7. The van der Waals surface area contributed by atoms with Crippen molar-refractivity contribution in [2.45, 2.75) is 19.4 Å². The van der Waals surface area contributed by atoms with Crippen LogP contribution in [0.1, 0.15) is 24.0 Å². The van der Waals surface area contributed by atoms with E-state index < -0.39 is 0 Å². The molecule has 2 rings (SSSR count). The van der Waals surface area contributed by atoms with Crippen LogP contribution in [0.25, 0.3) is 0 Å². The van der Waals surface area contributed by atoms with Crippen LogP contribution < -0.4 is 10.6 Å². The summed E-state index contributed by atoms with van der Waals surface area (Å²) in [5, 5.41) is 16.4. The van der Waals surface area contributed by atoms with Crippen LogP contribution in [0.2, 0.25) is 0 Å². The number of hydrogen-bond acceptors (Lipinski definition) is 3. The Kier molecular flexibility index (Phi) is 3.23. The molecule has 0 bridgehead atoms. The van der Waals surface area contributed by atoms with Crippen LogP contribution in [-0.2, 0) is 6.54 Å². The molecule has 1 aliphatic heterocycles. The smallest absolute Gasteiger partial charge is 0.120 e. The average molecular weight is 206 g/mol. The van der Waals surface area contributed by atoms with Gasteiger partial charge in [-0.1, -0.05) is 19.1 Å². The molecule has 1 aromatic carbocycles. The van der Waals surface area contributed by atoms with E-state index in [9.17, 15) is 5.11 Å². The lowest BCUT2D eigenvalue weighted by Crippen LogP contribution is -2.34. The minimum Gasteiger partial charge on any atom is -0.508 e. The summed E-state index contributed by atoms with van der Waals surface area (Å²) in [6, 6.07) is 5.81. The SMILES string of the molecule is CCNCC1CNCc2c(O)cccc21. The first-order chi connectivity index (χ1) is 7.33. The van der Waals surface area contributed by atoms with Crippen LogP contribution >= 0.6 is 0 Å². The third kappa shape index (κ3) is 2.13. The summed E-state index contributed by atoms with van der Waals surface area (Å²) in [6.07, 6.45) is 0. The molecule has 1 unspecified atom stereocenters. The fourth-order valence-corrected chi connectivity index (χ4v) is 2.15. The van der Waals surface area contributed by atoms with Gasteiger partial charge in [0.25, 0.3) is 0 Å². The van der Waals surface area contributed by atoms with Crippen molar-refractivity contribution < 1.29 is 5.11 Å². The molecule has 0 amide bonds. The van der Waals surface area contributed by atoms with Gasteiger partial charge in [0, 0.05) is 31.1 Å². The minimum atomic E-state index is 0.418. The van der Waals surface area contributed by atoms with E-state index in [0.717, 1.165) is 31.7 Å². The van der Waals surface area contributed by atoms with Gasteiger partial charge >= 0.3 is 0 Å². The van der Waals surface area contributed by atoms with Crippen LogP contribution in [-0.4, -0.2) is 24.7 Å². The van der Waals surface area contributed by atoms with E-state index in [1.54, 1.807) is 6.07 Å². The third-order valence-corrected chi connectivity index (χ3v) is 2.96. The number of fused-ring (bicyclic) bond motifs is 1. The molecule has 3 nitrogen and oxygen atoms in total. The summed E-state index contributed by atoms with van der Waals surface area (Å²) in [7, 11) is 0. The van der Waals surface area contributed by atoms with E-state index in [1.165, 1.54) is 5.56 Å². The second kappa shape index (κ2) is 4.64. The van der Waals surface area contributed by atoms with E-state index in [0.29, 0.717) is 11.7 Å². The number of phenolic OH excluding ortho intramolecular Hbond substituents is 1. The molecule has 3 N–H and O–H groups in total. The molecule has 0 saturated carbocycles. The molecule has 1 atom stereocenters. The van der Waals surface area contributed by atoms with Gasteiger partial charge < -0.3 is 15.7 Å². The van der Waals surface area contributed by atoms with Crippen LogP contribution in [0.3, 0.4) is 0 Å². The number of aromatic hydroxyl groups is 1. The van der Waals surface area contributed by atoms with Crippen molar-refractivity contribution in [3.63, 3.8) is 0 Å². The van der Waals surface area contributed by atoms with Crippen LogP contribution in [0, 0.1) is 0 Å². The Bertz CT molecular complexity index is 338. The Morgan fingerprint density at radius 2 is 2.40 bits per heavy atom. The van der Waals surface area contributed by atoms with E-state index >= 15 is 0 Å². The Hall–Kier alpha value is -1.06. The zero-order valence-electron chi connectivity index (χ0n) is 9.09. The molecule has 1 aliphatic rings. The Morgan fingerprint density at radius 3 is 3.20 bits per heavy atom. The summed E-state index contributed by atoms with van der Waals surface area (Å²) < 4.78 is 0. The van der Waals surface area contributed by atoms with Gasteiger partial charge in [0.15, 0.2) is 0 Å². The highest BCUT2D eigenvalue weighted by Crippen LogP contribution is 2.29. The van der Waals surface area contributed by atoms with E-state index in [1.807, 2.05) is 6.07 Å². The fraction of sp³-hybridized carbons (Fsp3) is 0.500. The molecule has 0 saturated heterocycles. The number of nitrogens with one attached hydrogen (secondary N) is 2. The number of rotatable bonds is 3. The first kappa shape index (κ1) is 10.5. The molecule has 82 valence electrons. The summed E-state index contributed by atoms with van der Waals surface area (Å²) in [6.45, 7) is 5.85. The molecular weight excluding hydrogens is 188 g/mol. The largest absolute Gasteiger partial charge is 0.508 e. The van der Waals surface area contributed by atoms with Crippen LogP contribution in [0.15, 0.2) is 18.2 Å². The lowest BCUT2D eigenvalue weighted by molar-refractivity contribution is 0.445. The average Bonchev–Trinajstić information content (AvgIpc) is 2.27. The molecule has 1 aromatic rings. The molecule has 0 spiro atoms. The number of likely N-dealkylation sites (N-methyl/N-ethyl adjacent to an activating group) is 1.